The maximum atomic E-state index is 12.5. The third-order valence-electron chi connectivity index (χ3n) is 3.32. The van der Waals surface area contributed by atoms with Gasteiger partial charge in [0.25, 0.3) is 5.91 Å². The standard InChI is InChI=1S/C17H18F2N2O4S/c1-26-10-8-13(21-16(23)14-3-2-9-24-14)15(22)20-11-4-6-12(7-5-11)25-17(18)19/h2-7,9,13,17H,8,10H2,1H3,(H,20,22)(H,21,23). The predicted octanol–water partition coefficient (Wildman–Crippen LogP) is 3.37. The first-order chi connectivity index (χ1) is 12.5. The minimum absolute atomic E-state index is 0.0111. The Morgan fingerprint density at radius 3 is 2.54 bits per heavy atom. The molecule has 1 unspecified atom stereocenters. The van der Waals surface area contributed by atoms with Crippen molar-refractivity contribution in [3.8, 4) is 5.75 Å². The van der Waals surface area contributed by atoms with E-state index < -0.39 is 24.5 Å². The van der Waals surface area contributed by atoms with Crippen molar-refractivity contribution in [2.75, 3.05) is 17.3 Å². The Balaban J connectivity index is 2.00. The van der Waals surface area contributed by atoms with Crippen LogP contribution in [-0.4, -0.2) is 36.5 Å². The van der Waals surface area contributed by atoms with E-state index in [1.54, 1.807) is 17.8 Å². The summed E-state index contributed by atoms with van der Waals surface area (Å²) in [5.41, 5.74) is 0.401. The molecule has 1 atom stereocenters. The Kier molecular flexibility index (Phi) is 7.46. The van der Waals surface area contributed by atoms with Gasteiger partial charge in [0.1, 0.15) is 11.8 Å². The number of furan rings is 1. The normalized spacial score (nSPS) is 11.8. The van der Waals surface area contributed by atoms with Crippen molar-refractivity contribution < 1.29 is 27.5 Å². The van der Waals surface area contributed by atoms with Crippen molar-refractivity contribution in [2.45, 2.75) is 19.1 Å². The zero-order chi connectivity index (χ0) is 18.9. The van der Waals surface area contributed by atoms with Gasteiger partial charge in [-0.05, 0) is 54.8 Å². The topological polar surface area (TPSA) is 80.6 Å². The molecule has 9 heteroatoms. The number of hydrogen-bond acceptors (Lipinski definition) is 5. The van der Waals surface area contributed by atoms with Gasteiger partial charge in [0.15, 0.2) is 5.76 Å². The lowest BCUT2D eigenvalue weighted by atomic mass is 10.2. The molecule has 6 nitrogen and oxygen atoms in total. The van der Waals surface area contributed by atoms with E-state index >= 15 is 0 Å². The van der Waals surface area contributed by atoms with Gasteiger partial charge >= 0.3 is 6.61 Å². The second kappa shape index (κ2) is 9.81. The fraction of sp³-hybridized carbons (Fsp3) is 0.294. The van der Waals surface area contributed by atoms with E-state index in [4.69, 9.17) is 4.42 Å². The molecule has 0 fully saturated rings. The van der Waals surface area contributed by atoms with E-state index in [9.17, 15) is 18.4 Å². The third-order valence-corrected chi connectivity index (χ3v) is 3.97. The smallest absolute Gasteiger partial charge is 0.387 e. The highest BCUT2D eigenvalue weighted by molar-refractivity contribution is 7.98. The van der Waals surface area contributed by atoms with Crippen LogP contribution < -0.4 is 15.4 Å². The monoisotopic (exact) mass is 384 g/mol. The van der Waals surface area contributed by atoms with E-state index in [1.165, 1.54) is 36.6 Å². The number of thioether (sulfide) groups is 1. The van der Waals surface area contributed by atoms with Crippen LogP contribution in [0.3, 0.4) is 0 Å². The lowest BCUT2D eigenvalue weighted by Gasteiger charge is -2.17. The molecule has 0 spiro atoms. The summed E-state index contributed by atoms with van der Waals surface area (Å²) in [6.45, 7) is -2.91. The lowest BCUT2D eigenvalue weighted by molar-refractivity contribution is -0.118. The fourth-order valence-electron chi connectivity index (χ4n) is 2.09. The molecule has 1 aromatic heterocycles. The molecule has 2 amide bonds. The van der Waals surface area contributed by atoms with Crippen molar-refractivity contribution in [2.24, 2.45) is 0 Å². The highest BCUT2D eigenvalue weighted by Crippen LogP contribution is 2.18. The van der Waals surface area contributed by atoms with Crippen molar-refractivity contribution in [1.29, 1.82) is 0 Å². The van der Waals surface area contributed by atoms with Gasteiger partial charge in [-0.25, -0.2) is 0 Å². The highest BCUT2D eigenvalue weighted by atomic mass is 32.2. The van der Waals surface area contributed by atoms with Crippen LogP contribution in [-0.2, 0) is 4.79 Å². The van der Waals surface area contributed by atoms with Crippen molar-refractivity contribution in [1.82, 2.24) is 5.32 Å². The molecule has 2 aromatic rings. The molecule has 0 aliphatic carbocycles. The number of benzene rings is 1. The predicted molar refractivity (Wildman–Crippen MR) is 94.7 cm³/mol. The number of halogens is 2. The first kappa shape index (κ1) is 19.8. The number of nitrogens with one attached hydrogen (secondary N) is 2. The SMILES string of the molecule is CSCCC(NC(=O)c1ccco1)C(=O)Nc1ccc(OC(F)F)cc1. The molecule has 0 saturated carbocycles. The van der Waals surface area contributed by atoms with Crippen LogP contribution in [0.2, 0.25) is 0 Å². The maximum absolute atomic E-state index is 12.5. The Labute approximate surface area is 153 Å². The largest absolute Gasteiger partial charge is 0.459 e. The van der Waals surface area contributed by atoms with Crippen LogP contribution in [0.5, 0.6) is 5.75 Å². The summed E-state index contributed by atoms with van der Waals surface area (Å²) in [5, 5.41) is 5.28. The van der Waals surface area contributed by atoms with Gasteiger partial charge in [0, 0.05) is 5.69 Å². The molecule has 26 heavy (non-hydrogen) atoms. The molecule has 1 aromatic carbocycles. The van der Waals surface area contributed by atoms with Crippen LogP contribution in [0.25, 0.3) is 0 Å². The molecule has 0 saturated heterocycles. The lowest BCUT2D eigenvalue weighted by Crippen LogP contribution is -2.44. The molecular formula is C17H18F2N2O4S. The number of hydrogen-bond donors (Lipinski definition) is 2. The summed E-state index contributed by atoms with van der Waals surface area (Å²) in [5.74, 6) is -0.139. The van der Waals surface area contributed by atoms with E-state index in [-0.39, 0.29) is 11.5 Å². The van der Waals surface area contributed by atoms with Gasteiger partial charge in [0.2, 0.25) is 5.91 Å². The van der Waals surface area contributed by atoms with Gasteiger partial charge < -0.3 is 19.8 Å². The van der Waals surface area contributed by atoms with Gasteiger partial charge in [-0.1, -0.05) is 0 Å². The van der Waals surface area contributed by atoms with Crippen molar-refractivity contribution in [3.63, 3.8) is 0 Å². The Morgan fingerprint density at radius 1 is 1.23 bits per heavy atom. The Hall–Kier alpha value is -2.55. The number of anilines is 1. The summed E-state index contributed by atoms with van der Waals surface area (Å²) in [7, 11) is 0. The van der Waals surface area contributed by atoms with Gasteiger partial charge in [-0.2, -0.15) is 20.5 Å². The first-order valence-electron chi connectivity index (χ1n) is 7.68. The van der Waals surface area contributed by atoms with E-state index in [0.717, 1.165) is 0 Å². The highest BCUT2D eigenvalue weighted by Gasteiger charge is 2.22. The summed E-state index contributed by atoms with van der Waals surface area (Å²) < 4.78 is 33.6. The number of carbonyl (C=O) groups excluding carboxylic acids is 2. The van der Waals surface area contributed by atoms with Gasteiger partial charge in [-0.3, -0.25) is 9.59 Å². The van der Waals surface area contributed by atoms with Gasteiger partial charge in [0.05, 0.1) is 6.26 Å². The van der Waals surface area contributed by atoms with Gasteiger partial charge in [-0.15, -0.1) is 0 Å². The molecule has 140 valence electrons. The number of alkyl halides is 2. The zero-order valence-electron chi connectivity index (χ0n) is 13.9. The average molecular weight is 384 g/mol. The second-order valence-corrected chi connectivity index (χ2v) is 6.16. The minimum atomic E-state index is -2.91. The van der Waals surface area contributed by atoms with E-state index in [2.05, 4.69) is 15.4 Å². The molecule has 1 heterocycles. The number of rotatable bonds is 9. The number of carbonyl (C=O) groups is 2. The van der Waals surface area contributed by atoms with Crippen LogP contribution in [0.15, 0.2) is 47.1 Å². The minimum Gasteiger partial charge on any atom is -0.459 e. The number of amides is 2. The van der Waals surface area contributed by atoms with Crippen molar-refractivity contribution >= 4 is 29.3 Å². The van der Waals surface area contributed by atoms with Crippen LogP contribution >= 0.6 is 11.8 Å². The third kappa shape index (κ3) is 6.07. The van der Waals surface area contributed by atoms with Crippen LogP contribution in [0.1, 0.15) is 17.0 Å². The van der Waals surface area contributed by atoms with Crippen LogP contribution in [0.4, 0.5) is 14.5 Å². The second-order valence-electron chi connectivity index (χ2n) is 5.18. The average Bonchev–Trinajstić information content (AvgIpc) is 3.14. The zero-order valence-corrected chi connectivity index (χ0v) is 14.7. The Bertz CT molecular complexity index is 708. The number of ether oxygens (including phenoxy) is 1. The summed E-state index contributed by atoms with van der Waals surface area (Å²) in [4.78, 5) is 24.6. The summed E-state index contributed by atoms with van der Waals surface area (Å²) >= 11 is 1.54. The molecule has 0 aliphatic rings. The van der Waals surface area contributed by atoms with Crippen molar-refractivity contribution in [3.05, 3.63) is 48.4 Å². The molecule has 2 N–H and O–H groups in total. The fourth-order valence-corrected chi connectivity index (χ4v) is 2.56. The molecular weight excluding hydrogens is 366 g/mol. The van der Waals surface area contributed by atoms with E-state index in [1.807, 2.05) is 6.26 Å². The Morgan fingerprint density at radius 2 is 1.96 bits per heavy atom. The van der Waals surface area contributed by atoms with E-state index in [0.29, 0.717) is 17.9 Å². The maximum Gasteiger partial charge on any atom is 0.387 e. The molecule has 0 bridgehead atoms. The summed E-state index contributed by atoms with van der Waals surface area (Å²) in [6.07, 6.45) is 3.69. The molecule has 0 radical (unpaired) electrons. The molecule has 2 rings (SSSR count). The molecule has 0 aliphatic heterocycles. The first-order valence-corrected chi connectivity index (χ1v) is 9.08. The quantitative estimate of drug-likeness (QED) is 0.693. The van der Waals surface area contributed by atoms with Crippen LogP contribution in [0, 0.1) is 0 Å². The summed E-state index contributed by atoms with van der Waals surface area (Å²) in [6, 6.07) is 7.83.